The number of carbonyl (C=O) groups excluding carboxylic acids is 2. The van der Waals surface area contributed by atoms with E-state index in [4.69, 9.17) is 9.57 Å². The van der Waals surface area contributed by atoms with Gasteiger partial charge in [-0.2, -0.15) is 0 Å². The zero-order valence-corrected chi connectivity index (χ0v) is 26.9. The first-order chi connectivity index (χ1) is 21.1. The van der Waals surface area contributed by atoms with Crippen molar-refractivity contribution >= 4 is 17.6 Å². The highest BCUT2D eigenvalue weighted by Gasteiger charge is 2.62. The van der Waals surface area contributed by atoms with E-state index in [1.165, 1.54) is 41.5 Å². The summed E-state index contributed by atoms with van der Waals surface area (Å²) < 4.78 is 5.66. The lowest BCUT2D eigenvalue weighted by Gasteiger charge is -2.63. The van der Waals surface area contributed by atoms with Crippen molar-refractivity contribution in [3.63, 3.8) is 0 Å². The number of ether oxygens (including phenoxy) is 1. The van der Waals surface area contributed by atoms with Crippen molar-refractivity contribution in [1.29, 1.82) is 0 Å². The standard InChI is InChI=1S/C38H48N2O4/c1-36(2)32-15-13-28-30-14-16-34(41)38(30,4)19-17-31(28)37(32,3)20-18-33(36)40-44-22-21-39-35(42)43-23-29-26-11-7-5-9-24(26)25-10-6-8-12-27(25)29/h5-12,28-32H,13-23H2,1-4H3,(H,39,42)/b40-33+/t28-,30-,31-,32-,37+,38-/m0/s1. The summed E-state index contributed by atoms with van der Waals surface area (Å²) in [6.07, 6.45) is 8.25. The SMILES string of the molecule is CC1(C)/C(=N/OCCNC(=O)OCC2c3ccccc3-c3ccccc32)CC[C@]2(C)[C@H]3CC[C@]4(C)C(=O)CC[C@H]4[C@@H]3CC[C@@H]12. The Balaban J connectivity index is 0.914. The molecule has 0 spiro atoms. The fraction of sp³-hybridized carbons (Fsp3) is 0.605. The lowest BCUT2D eigenvalue weighted by molar-refractivity contribution is -0.141. The normalized spacial score (nSPS) is 34.4. The van der Waals surface area contributed by atoms with E-state index in [1.807, 2.05) is 12.1 Å². The van der Waals surface area contributed by atoms with Gasteiger partial charge in [0.15, 0.2) is 0 Å². The quantitative estimate of drug-likeness (QED) is 0.270. The Hall–Kier alpha value is -3.15. The number of nitrogens with zero attached hydrogens (tertiary/aromatic N) is 1. The van der Waals surface area contributed by atoms with Crippen LogP contribution >= 0.6 is 0 Å². The maximum absolute atomic E-state index is 12.8. The first-order valence-electron chi connectivity index (χ1n) is 17.0. The molecule has 2 aromatic rings. The van der Waals surface area contributed by atoms with Gasteiger partial charge in [-0.1, -0.05) is 81.4 Å². The Morgan fingerprint density at radius 2 is 1.59 bits per heavy atom. The van der Waals surface area contributed by atoms with Crippen LogP contribution < -0.4 is 5.32 Å². The molecule has 5 aliphatic carbocycles. The number of fused-ring (bicyclic) bond motifs is 8. The molecule has 1 N–H and O–H groups in total. The number of carbonyl (C=O) groups is 2. The summed E-state index contributed by atoms with van der Waals surface area (Å²) in [5, 5.41) is 7.51. The Morgan fingerprint density at radius 3 is 2.32 bits per heavy atom. The highest BCUT2D eigenvalue weighted by molar-refractivity contribution is 5.90. The van der Waals surface area contributed by atoms with Crippen LogP contribution in [0.15, 0.2) is 53.7 Å². The number of oxime groups is 1. The van der Waals surface area contributed by atoms with Crippen LogP contribution in [-0.2, 0) is 14.4 Å². The summed E-state index contributed by atoms with van der Waals surface area (Å²) in [5.74, 6) is 3.11. The molecule has 4 fully saturated rings. The molecular formula is C38H48N2O4. The predicted molar refractivity (Wildman–Crippen MR) is 172 cm³/mol. The van der Waals surface area contributed by atoms with Crippen molar-refractivity contribution in [2.45, 2.75) is 85.0 Å². The van der Waals surface area contributed by atoms with Crippen LogP contribution in [0, 0.1) is 39.9 Å². The van der Waals surface area contributed by atoms with Crippen molar-refractivity contribution in [2.75, 3.05) is 19.8 Å². The smallest absolute Gasteiger partial charge is 0.407 e. The van der Waals surface area contributed by atoms with Gasteiger partial charge in [0.05, 0.1) is 12.3 Å². The van der Waals surface area contributed by atoms with Gasteiger partial charge in [-0.25, -0.2) is 4.79 Å². The number of hydrogen-bond acceptors (Lipinski definition) is 5. The molecule has 44 heavy (non-hydrogen) atoms. The van der Waals surface area contributed by atoms with Gasteiger partial charge in [-0.05, 0) is 96.3 Å². The maximum Gasteiger partial charge on any atom is 0.407 e. The molecule has 0 unspecified atom stereocenters. The molecule has 6 nitrogen and oxygen atoms in total. The fourth-order valence-corrected chi connectivity index (χ4v) is 10.8. The molecule has 0 heterocycles. The zero-order chi connectivity index (χ0) is 30.7. The van der Waals surface area contributed by atoms with Crippen LogP contribution in [0.5, 0.6) is 0 Å². The second-order valence-electron chi connectivity index (χ2n) is 15.3. The highest BCUT2D eigenvalue weighted by Crippen LogP contribution is 2.67. The highest BCUT2D eigenvalue weighted by atomic mass is 16.6. The number of ketones is 1. The van der Waals surface area contributed by atoms with E-state index in [9.17, 15) is 9.59 Å². The minimum absolute atomic E-state index is 0.0373. The van der Waals surface area contributed by atoms with E-state index >= 15 is 0 Å². The van der Waals surface area contributed by atoms with E-state index in [-0.39, 0.29) is 22.2 Å². The van der Waals surface area contributed by atoms with Gasteiger partial charge in [0.1, 0.15) is 19.0 Å². The second-order valence-corrected chi connectivity index (χ2v) is 15.3. The molecule has 1 amide bonds. The molecule has 6 atom stereocenters. The molecule has 0 bridgehead atoms. The first kappa shape index (κ1) is 29.6. The summed E-state index contributed by atoms with van der Waals surface area (Å²) in [7, 11) is 0. The van der Waals surface area contributed by atoms with Gasteiger partial charge in [0.2, 0.25) is 0 Å². The van der Waals surface area contributed by atoms with E-state index in [2.05, 4.69) is 74.6 Å². The molecule has 0 aromatic heterocycles. The number of hydrogen-bond donors (Lipinski definition) is 1. The average molecular weight is 597 g/mol. The van der Waals surface area contributed by atoms with Gasteiger partial charge >= 0.3 is 6.09 Å². The van der Waals surface area contributed by atoms with Crippen molar-refractivity contribution in [3.8, 4) is 11.1 Å². The average Bonchev–Trinajstić information content (AvgIpc) is 3.50. The first-order valence-corrected chi connectivity index (χ1v) is 17.0. The molecule has 234 valence electrons. The van der Waals surface area contributed by atoms with E-state index in [0.29, 0.717) is 49.2 Å². The third-order valence-electron chi connectivity index (χ3n) is 13.1. The molecule has 7 rings (SSSR count). The maximum atomic E-state index is 12.8. The third-order valence-corrected chi connectivity index (χ3v) is 13.1. The summed E-state index contributed by atoms with van der Waals surface area (Å²) in [6, 6.07) is 16.7. The van der Waals surface area contributed by atoms with Gasteiger partial charge in [0, 0.05) is 23.2 Å². The topological polar surface area (TPSA) is 77.0 Å². The summed E-state index contributed by atoms with van der Waals surface area (Å²) in [6.45, 7) is 10.5. The Kier molecular flexibility index (Phi) is 7.41. The van der Waals surface area contributed by atoms with Crippen LogP contribution in [0.1, 0.15) is 96.1 Å². The predicted octanol–water partition coefficient (Wildman–Crippen LogP) is 8.15. The Morgan fingerprint density at radius 1 is 0.886 bits per heavy atom. The molecule has 6 heteroatoms. The lowest BCUT2D eigenvalue weighted by Crippen LogP contribution is -2.58. The number of Topliss-reactive ketones (excluding diaryl/α,β-unsaturated/α-hetero) is 1. The summed E-state index contributed by atoms with van der Waals surface area (Å²) in [5.41, 5.74) is 6.17. The van der Waals surface area contributed by atoms with Crippen molar-refractivity contribution in [2.24, 2.45) is 45.1 Å². The van der Waals surface area contributed by atoms with Crippen molar-refractivity contribution < 1.29 is 19.2 Å². The van der Waals surface area contributed by atoms with Crippen molar-refractivity contribution in [3.05, 3.63) is 59.7 Å². The summed E-state index contributed by atoms with van der Waals surface area (Å²) >= 11 is 0. The van der Waals surface area contributed by atoms with E-state index < -0.39 is 6.09 Å². The monoisotopic (exact) mass is 596 g/mol. The molecule has 5 aliphatic rings. The Labute approximate surface area is 262 Å². The fourth-order valence-electron chi connectivity index (χ4n) is 10.8. The van der Waals surface area contributed by atoms with Gasteiger partial charge in [-0.15, -0.1) is 0 Å². The third kappa shape index (κ3) is 4.61. The number of benzene rings is 2. The van der Waals surface area contributed by atoms with Gasteiger partial charge < -0.3 is 14.9 Å². The van der Waals surface area contributed by atoms with Crippen molar-refractivity contribution in [1.82, 2.24) is 5.32 Å². The number of rotatable bonds is 6. The number of amides is 1. The van der Waals surface area contributed by atoms with E-state index in [0.717, 1.165) is 37.8 Å². The Bertz CT molecular complexity index is 1440. The van der Waals surface area contributed by atoms with Crippen LogP contribution in [0.2, 0.25) is 0 Å². The van der Waals surface area contributed by atoms with Crippen LogP contribution in [0.4, 0.5) is 4.79 Å². The number of alkyl carbamates (subject to hydrolysis) is 1. The molecule has 0 radical (unpaired) electrons. The largest absolute Gasteiger partial charge is 0.449 e. The molecular weight excluding hydrogens is 548 g/mol. The lowest BCUT2D eigenvalue weighted by atomic mass is 9.41. The molecule has 4 saturated carbocycles. The molecule has 0 aliphatic heterocycles. The summed E-state index contributed by atoms with van der Waals surface area (Å²) in [4.78, 5) is 31.2. The van der Waals surface area contributed by atoms with Crippen LogP contribution in [0.3, 0.4) is 0 Å². The van der Waals surface area contributed by atoms with E-state index in [1.54, 1.807) is 0 Å². The number of nitrogens with one attached hydrogen (secondary N) is 1. The molecule has 0 saturated heterocycles. The second kappa shape index (κ2) is 11.0. The van der Waals surface area contributed by atoms with Gasteiger partial charge in [0.25, 0.3) is 0 Å². The zero-order valence-electron chi connectivity index (χ0n) is 26.9. The minimum Gasteiger partial charge on any atom is -0.449 e. The minimum atomic E-state index is -0.429. The molecule has 2 aromatic carbocycles. The van der Waals surface area contributed by atoms with Crippen LogP contribution in [-0.4, -0.2) is 37.3 Å². The van der Waals surface area contributed by atoms with Crippen LogP contribution in [0.25, 0.3) is 11.1 Å². The van der Waals surface area contributed by atoms with Gasteiger partial charge in [-0.3, -0.25) is 4.79 Å².